The Balaban J connectivity index is 2.23. The Labute approximate surface area is 122 Å². The average Bonchev–Trinajstić information content (AvgIpc) is 2.75. The van der Waals surface area contributed by atoms with E-state index in [0.717, 1.165) is 10.6 Å². The molecule has 1 saturated heterocycles. The zero-order valence-corrected chi connectivity index (χ0v) is 11.8. The molecule has 22 heavy (non-hydrogen) atoms. The fourth-order valence-electron chi connectivity index (χ4n) is 2.07. The summed E-state index contributed by atoms with van der Waals surface area (Å²) in [5.74, 6) is 0. The van der Waals surface area contributed by atoms with E-state index in [-0.39, 0.29) is 12.1 Å². The molecule has 1 fully saturated rings. The molecule has 11 nitrogen and oxygen atoms in total. The van der Waals surface area contributed by atoms with Gasteiger partial charge in [-0.1, -0.05) is 0 Å². The molecular weight excluding hydrogens is 321 g/mol. The first-order chi connectivity index (χ1) is 10.2. The maximum atomic E-state index is 11.8. The van der Waals surface area contributed by atoms with Gasteiger partial charge in [0.25, 0.3) is 5.56 Å². The first-order valence-corrected chi connectivity index (χ1v) is 7.54. The number of phosphoric ester groups is 1. The molecule has 120 valence electrons. The van der Waals surface area contributed by atoms with Crippen LogP contribution in [0.1, 0.15) is 18.3 Å². The summed E-state index contributed by atoms with van der Waals surface area (Å²) in [6, 6.07) is 2.57. The van der Waals surface area contributed by atoms with Crippen molar-refractivity contribution in [1.29, 1.82) is 5.26 Å². The Morgan fingerprint density at radius 1 is 1.55 bits per heavy atom. The Kier molecular flexibility index (Phi) is 4.62. The van der Waals surface area contributed by atoms with Crippen LogP contribution < -0.4 is 11.2 Å². The van der Waals surface area contributed by atoms with Gasteiger partial charge in [0, 0.05) is 12.5 Å². The van der Waals surface area contributed by atoms with Crippen molar-refractivity contribution in [1.82, 2.24) is 9.55 Å². The summed E-state index contributed by atoms with van der Waals surface area (Å²) < 4.78 is 21.0. The Morgan fingerprint density at radius 2 is 2.23 bits per heavy atom. The van der Waals surface area contributed by atoms with Crippen molar-refractivity contribution in [2.24, 2.45) is 0 Å². The van der Waals surface area contributed by atoms with Crippen LogP contribution in [0, 0.1) is 11.3 Å². The number of aromatic amines is 1. The minimum atomic E-state index is -4.73. The molecule has 0 aromatic carbocycles. The Hall–Kier alpha value is -1.80. The first kappa shape index (κ1) is 16.6. The van der Waals surface area contributed by atoms with E-state index in [9.17, 15) is 19.3 Å². The number of hydrogen-bond donors (Lipinski definition) is 4. The summed E-state index contributed by atoms with van der Waals surface area (Å²) in [5.41, 5.74) is -1.90. The average molecular weight is 333 g/mol. The number of aliphatic hydroxyl groups is 1. The molecule has 0 saturated carbocycles. The van der Waals surface area contributed by atoms with Gasteiger partial charge in [0.15, 0.2) is 0 Å². The summed E-state index contributed by atoms with van der Waals surface area (Å²) in [5, 5.41) is 18.8. The number of aliphatic hydroxyl groups excluding tert-OH is 1. The zero-order chi connectivity index (χ0) is 16.5. The van der Waals surface area contributed by atoms with Crippen molar-refractivity contribution in [2.45, 2.75) is 24.9 Å². The van der Waals surface area contributed by atoms with Gasteiger partial charge >= 0.3 is 13.5 Å². The van der Waals surface area contributed by atoms with E-state index in [4.69, 9.17) is 19.8 Å². The summed E-state index contributed by atoms with van der Waals surface area (Å²) in [6.07, 6.45) is -3.44. The molecule has 1 aromatic rings. The smallest absolute Gasteiger partial charge is 0.390 e. The molecule has 2 rings (SSSR count). The topological polar surface area (TPSA) is 175 Å². The highest BCUT2D eigenvalue weighted by Crippen LogP contribution is 2.38. The van der Waals surface area contributed by atoms with Crippen LogP contribution in [0.3, 0.4) is 0 Å². The quantitative estimate of drug-likeness (QED) is 0.461. The zero-order valence-electron chi connectivity index (χ0n) is 10.9. The lowest BCUT2D eigenvalue weighted by molar-refractivity contribution is -0.0453. The highest BCUT2D eigenvalue weighted by Gasteiger charge is 2.37. The number of H-pyrrole nitrogens is 1. The number of hydrogen-bond acceptors (Lipinski definition) is 7. The van der Waals surface area contributed by atoms with Crippen LogP contribution >= 0.6 is 7.82 Å². The SMILES string of the molecule is N#Cc1cc(=O)[nH]c(=O)n1[C@H]1C[C@H](O)[C@@H](COP(=O)(O)O)O1. The van der Waals surface area contributed by atoms with Crippen LogP contribution in [0.2, 0.25) is 0 Å². The lowest BCUT2D eigenvalue weighted by Gasteiger charge is -2.17. The molecule has 3 atom stereocenters. The van der Waals surface area contributed by atoms with Crippen molar-refractivity contribution in [3.63, 3.8) is 0 Å². The van der Waals surface area contributed by atoms with Crippen LogP contribution in [-0.4, -0.2) is 43.3 Å². The van der Waals surface area contributed by atoms with E-state index in [2.05, 4.69) is 4.52 Å². The highest BCUT2D eigenvalue weighted by atomic mass is 31.2. The van der Waals surface area contributed by atoms with E-state index >= 15 is 0 Å². The maximum Gasteiger partial charge on any atom is 0.469 e. The van der Waals surface area contributed by atoms with Crippen molar-refractivity contribution in [3.8, 4) is 6.07 Å². The molecule has 2 heterocycles. The monoisotopic (exact) mass is 333 g/mol. The number of nitrogens with one attached hydrogen (secondary N) is 1. The van der Waals surface area contributed by atoms with Gasteiger partial charge in [-0.05, 0) is 0 Å². The molecule has 1 aromatic heterocycles. The Morgan fingerprint density at radius 3 is 2.82 bits per heavy atom. The molecule has 0 radical (unpaired) electrons. The van der Waals surface area contributed by atoms with E-state index in [1.54, 1.807) is 6.07 Å². The molecule has 0 unspecified atom stereocenters. The lowest BCUT2D eigenvalue weighted by atomic mass is 10.2. The third-order valence-electron chi connectivity index (χ3n) is 2.99. The predicted octanol–water partition coefficient (Wildman–Crippen LogP) is -1.83. The second-order valence-corrected chi connectivity index (χ2v) is 5.76. The summed E-state index contributed by atoms with van der Waals surface area (Å²) in [7, 11) is -4.73. The minimum absolute atomic E-state index is 0.115. The van der Waals surface area contributed by atoms with Gasteiger partial charge in [-0.15, -0.1) is 0 Å². The number of nitrogens with zero attached hydrogens (tertiary/aromatic N) is 2. The van der Waals surface area contributed by atoms with Gasteiger partial charge in [-0.2, -0.15) is 5.26 Å². The van der Waals surface area contributed by atoms with Crippen molar-refractivity contribution < 1.29 is 28.7 Å². The second kappa shape index (κ2) is 6.13. The third kappa shape index (κ3) is 3.69. The summed E-state index contributed by atoms with van der Waals surface area (Å²) >= 11 is 0. The molecule has 4 N–H and O–H groups in total. The van der Waals surface area contributed by atoms with Crippen molar-refractivity contribution in [3.05, 3.63) is 32.6 Å². The molecule has 0 aliphatic carbocycles. The fraction of sp³-hybridized carbons (Fsp3) is 0.500. The van der Waals surface area contributed by atoms with Gasteiger partial charge in [0.1, 0.15) is 24.1 Å². The van der Waals surface area contributed by atoms with Crippen LogP contribution in [0.15, 0.2) is 15.7 Å². The predicted molar refractivity (Wildman–Crippen MR) is 68.6 cm³/mol. The molecule has 0 spiro atoms. The van der Waals surface area contributed by atoms with Gasteiger partial charge in [-0.25, -0.2) is 9.36 Å². The van der Waals surface area contributed by atoms with Gasteiger partial charge < -0.3 is 19.6 Å². The molecule has 12 heteroatoms. The number of ether oxygens (including phenoxy) is 1. The number of nitriles is 1. The van der Waals surface area contributed by atoms with E-state index in [0.29, 0.717) is 0 Å². The number of phosphoric acid groups is 1. The van der Waals surface area contributed by atoms with Gasteiger partial charge in [0.05, 0.1) is 12.7 Å². The fourth-order valence-corrected chi connectivity index (χ4v) is 2.41. The summed E-state index contributed by atoms with van der Waals surface area (Å²) in [6.45, 7) is -0.595. The number of rotatable bonds is 4. The third-order valence-corrected chi connectivity index (χ3v) is 3.48. The molecule has 0 bridgehead atoms. The normalized spacial score (nSPS) is 25.1. The Bertz CT molecular complexity index is 759. The van der Waals surface area contributed by atoms with Crippen LogP contribution in [0.4, 0.5) is 0 Å². The summed E-state index contributed by atoms with van der Waals surface area (Å²) in [4.78, 5) is 42.1. The molecule has 1 aliphatic heterocycles. The van der Waals surface area contributed by atoms with Gasteiger partial charge in [0.2, 0.25) is 0 Å². The lowest BCUT2D eigenvalue weighted by Crippen LogP contribution is -2.34. The molecule has 0 amide bonds. The van der Waals surface area contributed by atoms with Gasteiger partial charge in [-0.3, -0.25) is 18.9 Å². The van der Waals surface area contributed by atoms with Crippen LogP contribution in [0.5, 0.6) is 0 Å². The highest BCUT2D eigenvalue weighted by molar-refractivity contribution is 7.46. The van der Waals surface area contributed by atoms with E-state index < -0.39 is 44.1 Å². The molecule has 1 aliphatic rings. The van der Waals surface area contributed by atoms with Crippen LogP contribution in [0.25, 0.3) is 0 Å². The first-order valence-electron chi connectivity index (χ1n) is 6.01. The van der Waals surface area contributed by atoms with E-state index in [1.807, 2.05) is 4.98 Å². The minimum Gasteiger partial charge on any atom is -0.390 e. The largest absolute Gasteiger partial charge is 0.469 e. The second-order valence-electron chi connectivity index (χ2n) is 4.52. The maximum absolute atomic E-state index is 11.8. The molecular formula is C10H12N3O8P. The van der Waals surface area contributed by atoms with E-state index in [1.165, 1.54) is 0 Å². The number of aromatic nitrogens is 2. The van der Waals surface area contributed by atoms with Crippen molar-refractivity contribution >= 4 is 7.82 Å². The van der Waals surface area contributed by atoms with Crippen LogP contribution in [-0.2, 0) is 13.8 Å². The standard InChI is InChI=1S/C10H12N3O8P/c11-3-5-1-8(15)12-10(16)13(5)9-2-6(14)7(21-9)4-20-22(17,18)19/h1,6-7,9,14H,2,4H2,(H,12,15,16)(H2,17,18,19)/t6-,7+,9+/m0/s1. The van der Waals surface area contributed by atoms with Crippen molar-refractivity contribution in [2.75, 3.05) is 6.61 Å².